The lowest BCUT2D eigenvalue weighted by Gasteiger charge is -2.18. The Morgan fingerprint density at radius 2 is 1.95 bits per heavy atom. The highest BCUT2D eigenvalue weighted by molar-refractivity contribution is 5.81. The highest BCUT2D eigenvalue weighted by Crippen LogP contribution is 2.44. The average Bonchev–Trinajstić information content (AvgIpc) is 3.39. The third-order valence-electron chi connectivity index (χ3n) is 4.83. The minimum Gasteiger partial charge on any atom is -0.497 e. The van der Waals surface area contributed by atoms with Gasteiger partial charge in [0.05, 0.1) is 7.11 Å². The van der Waals surface area contributed by atoms with Crippen molar-refractivity contribution in [3.05, 3.63) is 40.2 Å². The molecule has 0 saturated heterocycles. The van der Waals surface area contributed by atoms with Crippen molar-refractivity contribution in [2.45, 2.75) is 38.3 Å². The van der Waals surface area contributed by atoms with E-state index in [4.69, 9.17) is 9.15 Å². The third-order valence-corrected chi connectivity index (χ3v) is 4.83. The largest absolute Gasteiger partial charge is 0.497 e. The number of rotatable bonds is 6. The van der Waals surface area contributed by atoms with E-state index in [1.807, 2.05) is 12.1 Å². The van der Waals surface area contributed by atoms with Gasteiger partial charge in [0, 0.05) is 30.1 Å². The van der Waals surface area contributed by atoms with Crippen LogP contribution in [0.3, 0.4) is 0 Å². The zero-order valence-corrected chi connectivity index (χ0v) is 12.8. The molecule has 2 aliphatic rings. The van der Waals surface area contributed by atoms with E-state index in [0.29, 0.717) is 17.4 Å². The molecule has 0 amide bonds. The van der Waals surface area contributed by atoms with E-state index in [2.05, 4.69) is 5.32 Å². The van der Waals surface area contributed by atoms with Crippen LogP contribution in [0.1, 0.15) is 31.2 Å². The van der Waals surface area contributed by atoms with Crippen molar-refractivity contribution in [1.29, 1.82) is 0 Å². The van der Waals surface area contributed by atoms with Crippen LogP contribution >= 0.6 is 0 Å². The van der Waals surface area contributed by atoms with Crippen molar-refractivity contribution in [1.82, 2.24) is 5.32 Å². The summed E-state index contributed by atoms with van der Waals surface area (Å²) in [6.45, 7) is 0.728. The van der Waals surface area contributed by atoms with Gasteiger partial charge in [-0.3, -0.25) is 0 Å². The molecule has 1 aromatic carbocycles. The van der Waals surface area contributed by atoms with E-state index in [9.17, 15) is 4.79 Å². The van der Waals surface area contributed by atoms with Crippen LogP contribution in [0.2, 0.25) is 0 Å². The van der Waals surface area contributed by atoms with E-state index in [-0.39, 0.29) is 5.63 Å². The Bertz CT molecular complexity index is 732. The summed E-state index contributed by atoms with van der Waals surface area (Å²) in [4.78, 5) is 11.8. The average molecular weight is 299 g/mol. The lowest BCUT2D eigenvalue weighted by Crippen LogP contribution is -2.32. The second-order valence-corrected chi connectivity index (χ2v) is 6.53. The fourth-order valence-corrected chi connectivity index (χ4v) is 3.34. The summed E-state index contributed by atoms with van der Waals surface area (Å²) in [5, 5.41) is 4.68. The number of nitrogens with one attached hydrogen (secondary N) is 1. The maximum absolute atomic E-state index is 11.8. The molecule has 0 spiro atoms. The predicted octanol–water partition coefficient (Wildman–Crippen LogP) is 3.08. The first kappa shape index (κ1) is 13.8. The number of hydrogen-bond donors (Lipinski definition) is 1. The molecule has 2 fully saturated rings. The fraction of sp³-hybridized carbons (Fsp3) is 0.500. The molecule has 22 heavy (non-hydrogen) atoms. The number of hydrogen-bond acceptors (Lipinski definition) is 4. The van der Waals surface area contributed by atoms with Gasteiger partial charge in [0.25, 0.3) is 0 Å². The molecule has 2 aromatic rings. The minimum atomic E-state index is -0.299. The molecular formula is C18H21NO3. The summed E-state index contributed by atoms with van der Waals surface area (Å²) < 4.78 is 10.5. The molecule has 0 unspecified atom stereocenters. The third kappa shape index (κ3) is 2.75. The van der Waals surface area contributed by atoms with Gasteiger partial charge in [0.2, 0.25) is 0 Å². The van der Waals surface area contributed by atoms with Gasteiger partial charge in [-0.15, -0.1) is 0 Å². The molecule has 116 valence electrons. The molecule has 0 radical (unpaired) electrons. The summed E-state index contributed by atoms with van der Waals surface area (Å²) >= 11 is 0. The maximum atomic E-state index is 11.8. The van der Waals surface area contributed by atoms with E-state index >= 15 is 0 Å². The Balaban J connectivity index is 1.61. The fourth-order valence-electron chi connectivity index (χ4n) is 3.34. The van der Waals surface area contributed by atoms with Crippen molar-refractivity contribution in [3.63, 3.8) is 0 Å². The van der Waals surface area contributed by atoms with Crippen LogP contribution in [0.5, 0.6) is 5.75 Å². The summed E-state index contributed by atoms with van der Waals surface area (Å²) in [5.74, 6) is 2.40. The van der Waals surface area contributed by atoms with Gasteiger partial charge in [-0.25, -0.2) is 4.79 Å². The predicted molar refractivity (Wildman–Crippen MR) is 85.1 cm³/mol. The first-order valence-corrected chi connectivity index (χ1v) is 8.09. The van der Waals surface area contributed by atoms with Gasteiger partial charge in [0.1, 0.15) is 11.3 Å². The highest BCUT2D eigenvalue weighted by atomic mass is 16.5. The summed E-state index contributed by atoms with van der Waals surface area (Å²) in [6, 6.07) is 7.89. The van der Waals surface area contributed by atoms with Gasteiger partial charge in [0.15, 0.2) is 0 Å². The lowest BCUT2D eigenvalue weighted by molar-refractivity contribution is 0.412. The topological polar surface area (TPSA) is 51.5 Å². The van der Waals surface area contributed by atoms with Crippen molar-refractivity contribution < 1.29 is 9.15 Å². The van der Waals surface area contributed by atoms with E-state index in [1.54, 1.807) is 19.2 Å². The Morgan fingerprint density at radius 3 is 2.59 bits per heavy atom. The molecule has 0 aliphatic heterocycles. The molecule has 4 rings (SSSR count). The Morgan fingerprint density at radius 1 is 1.23 bits per heavy atom. The molecule has 1 N–H and O–H groups in total. The molecule has 0 bridgehead atoms. The first-order valence-electron chi connectivity index (χ1n) is 8.09. The molecule has 2 aliphatic carbocycles. The Labute approximate surface area is 129 Å². The van der Waals surface area contributed by atoms with Gasteiger partial charge in [-0.2, -0.15) is 0 Å². The Hall–Kier alpha value is -1.81. The zero-order chi connectivity index (χ0) is 15.1. The van der Waals surface area contributed by atoms with Crippen molar-refractivity contribution in [3.8, 4) is 5.75 Å². The quantitative estimate of drug-likeness (QED) is 0.833. The molecular weight excluding hydrogens is 278 g/mol. The molecule has 0 atom stereocenters. The van der Waals surface area contributed by atoms with Crippen molar-refractivity contribution in [2.24, 2.45) is 11.8 Å². The lowest BCUT2D eigenvalue weighted by atomic mass is 10.1. The first-order chi connectivity index (χ1) is 10.7. The number of methoxy groups -OCH3 is 1. The van der Waals surface area contributed by atoms with Crippen LogP contribution in [-0.4, -0.2) is 13.2 Å². The van der Waals surface area contributed by atoms with E-state index in [0.717, 1.165) is 29.3 Å². The van der Waals surface area contributed by atoms with Gasteiger partial charge < -0.3 is 14.5 Å². The zero-order valence-electron chi connectivity index (χ0n) is 12.8. The van der Waals surface area contributed by atoms with Crippen molar-refractivity contribution in [2.75, 3.05) is 7.11 Å². The molecule has 1 aromatic heterocycles. The highest BCUT2D eigenvalue weighted by Gasteiger charge is 2.40. The van der Waals surface area contributed by atoms with E-state index < -0.39 is 0 Å². The normalized spacial score (nSPS) is 18.1. The number of fused-ring (bicyclic) bond motifs is 1. The molecule has 4 heteroatoms. The monoisotopic (exact) mass is 299 g/mol. The smallest absolute Gasteiger partial charge is 0.336 e. The number of benzene rings is 1. The van der Waals surface area contributed by atoms with E-state index in [1.165, 1.54) is 25.7 Å². The van der Waals surface area contributed by atoms with Crippen LogP contribution in [0.4, 0.5) is 0 Å². The van der Waals surface area contributed by atoms with Crippen LogP contribution in [0.25, 0.3) is 11.0 Å². The van der Waals surface area contributed by atoms with Crippen LogP contribution in [0.15, 0.2) is 33.5 Å². The molecule has 4 nitrogen and oxygen atoms in total. The SMILES string of the molecule is COc1ccc2c(CNC(C3CC3)C3CC3)cc(=O)oc2c1. The minimum absolute atomic E-state index is 0.299. The van der Waals surface area contributed by atoms with Crippen molar-refractivity contribution >= 4 is 11.0 Å². The maximum Gasteiger partial charge on any atom is 0.336 e. The molecule has 1 heterocycles. The van der Waals surface area contributed by atoms with Gasteiger partial charge in [-0.1, -0.05) is 0 Å². The van der Waals surface area contributed by atoms with Crippen LogP contribution in [-0.2, 0) is 6.54 Å². The summed E-state index contributed by atoms with van der Waals surface area (Å²) in [7, 11) is 1.61. The van der Waals surface area contributed by atoms with Gasteiger partial charge in [-0.05, 0) is 55.2 Å². The van der Waals surface area contributed by atoms with Crippen LogP contribution < -0.4 is 15.7 Å². The summed E-state index contributed by atoms with van der Waals surface area (Å²) in [5.41, 5.74) is 1.31. The second-order valence-electron chi connectivity index (χ2n) is 6.53. The Kier molecular flexibility index (Phi) is 3.41. The van der Waals surface area contributed by atoms with Gasteiger partial charge >= 0.3 is 5.63 Å². The summed E-state index contributed by atoms with van der Waals surface area (Å²) in [6.07, 6.45) is 5.40. The van der Waals surface area contributed by atoms with Crippen LogP contribution in [0, 0.1) is 11.8 Å². The standard InChI is InChI=1S/C18H21NO3/c1-21-14-6-7-15-13(8-17(20)22-16(15)9-14)10-19-18(11-2-3-11)12-4-5-12/h6-9,11-12,18-19H,2-5,10H2,1H3. The molecule has 2 saturated carbocycles. The number of ether oxygens (including phenoxy) is 1. The second kappa shape index (κ2) is 5.43.